The SMILES string of the molecule is CC(C)Nc1ncc(-c2cc3cc(c2)NC(C)C(=O)N3)n(CCNCc2ccc(C3=NC(C)(C)ON3)cc2)c1=O. The predicted molar refractivity (Wildman–Crippen MR) is 157 cm³/mol. The minimum Gasteiger partial charge on any atom is -0.374 e. The highest BCUT2D eigenvalue weighted by atomic mass is 16.7. The molecule has 1 aromatic heterocycles. The van der Waals surface area contributed by atoms with E-state index in [9.17, 15) is 9.59 Å². The van der Waals surface area contributed by atoms with Gasteiger partial charge in [-0.3, -0.25) is 9.59 Å². The van der Waals surface area contributed by atoms with Gasteiger partial charge in [0, 0.05) is 48.2 Å². The van der Waals surface area contributed by atoms with Gasteiger partial charge in [0.15, 0.2) is 17.4 Å². The number of hydrogen-bond acceptors (Lipinski definition) is 9. The summed E-state index contributed by atoms with van der Waals surface area (Å²) in [6, 6.07) is 13.5. The van der Waals surface area contributed by atoms with E-state index in [-0.39, 0.29) is 23.6 Å². The number of hydroxylamine groups is 1. The molecule has 2 aliphatic heterocycles. The van der Waals surface area contributed by atoms with Gasteiger partial charge in [-0.25, -0.2) is 20.3 Å². The Bertz CT molecular complexity index is 1490. The quantitative estimate of drug-likeness (QED) is 0.259. The van der Waals surface area contributed by atoms with Crippen molar-refractivity contribution >= 4 is 28.9 Å². The van der Waals surface area contributed by atoms with Crippen LogP contribution in [0.2, 0.25) is 0 Å². The average Bonchev–Trinajstić information content (AvgIpc) is 3.23. The van der Waals surface area contributed by atoms with Crippen LogP contribution >= 0.6 is 0 Å². The monoisotopic (exact) mass is 544 g/mol. The molecule has 0 fully saturated rings. The van der Waals surface area contributed by atoms with Crippen molar-refractivity contribution in [2.75, 3.05) is 22.5 Å². The first-order valence-electron chi connectivity index (χ1n) is 13.5. The van der Waals surface area contributed by atoms with E-state index in [4.69, 9.17) is 4.84 Å². The Morgan fingerprint density at radius 2 is 1.82 bits per heavy atom. The number of anilines is 3. The summed E-state index contributed by atoms with van der Waals surface area (Å²) >= 11 is 0. The molecule has 1 amide bonds. The number of carbonyl (C=O) groups excluding carboxylic acids is 1. The molecule has 0 saturated carbocycles. The van der Waals surface area contributed by atoms with Gasteiger partial charge in [0.05, 0.1) is 11.9 Å². The van der Waals surface area contributed by atoms with Crippen LogP contribution in [0.4, 0.5) is 17.2 Å². The number of fused-ring (bicyclic) bond motifs is 2. The third kappa shape index (κ3) is 6.16. The molecule has 11 nitrogen and oxygen atoms in total. The highest BCUT2D eigenvalue weighted by Crippen LogP contribution is 2.29. The van der Waals surface area contributed by atoms with Gasteiger partial charge in [0.1, 0.15) is 6.04 Å². The van der Waals surface area contributed by atoms with Crippen LogP contribution in [0, 0.1) is 0 Å². The number of rotatable bonds is 9. The van der Waals surface area contributed by atoms with Crippen molar-refractivity contribution in [3.63, 3.8) is 0 Å². The second-order valence-corrected chi connectivity index (χ2v) is 10.9. The van der Waals surface area contributed by atoms with Gasteiger partial charge in [-0.1, -0.05) is 24.3 Å². The summed E-state index contributed by atoms with van der Waals surface area (Å²) in [5.74, 6) is 0.915. The molecule has 5 rings (SSSR count). The van der Waals surface area contributed by atoms with E-state index in [1.807, 2.05) is 77.1 Å². The summed E-state index contributed by atoms with van der Waals surface area (Å²) in [5.41, 5.74) is 7.12. The lowest BCUT2D eigenvalue weighted by molar-refractivity contribution is -0.116. The van der Waals surface area contributed by atoms with E-state index in [1.54, 1.807) is 10.8 Å². The van der Waals surface area contributed by atoms with Crippen LogP contribution < -0.4 is 32.3 Å². The van der Waals surface area contributed by atoms with Crippen LogP contribution in [0.25, 0.3) is 11.3 Å². The number of carbonyl (C=O) groups is 1. The second-order valence-electron chi connectivity index (χ2n) is 10.9. The number of nitrogens with one attached hydrogen (secondary N) is 5. The van der Waals surface area contributed by atoms with Crippen LogP contribution in [0.15, 0.2) is 58.4 Å². The van der Waals surface area contributed by atoms with E-state index in [0.717, 1.165) is 22.4 Å². The zero-order valence-electron chi connectivity index (χ0n) is 23.5. The topological polar surface area (TPSA) is 134 Å². The number of aliphatic imine (C=N–C) groups is 1. The third-order valence-electron chi connectivity index (χ3n) is 6.60. The summed E-state index contributed by atoms with van der Waals surface area (Å²) in [4.78, 5) is 40.2. The lowest BCUT2D eigenvalue weighted by Gasteiger charge is -2.17. The fourth-order valence-corrected chi connectivity index (χ4v) is 4.63. The lowest BCUT2D eigenvalue weighted by atomic mass is 10.1. The van der Waals surface area contributed by atoms with Crippen molar-refractivity contribution in [1.82, 2.24) is 20.3 Å². The maximum Gasteiger partial charge on any atom is 0.293 e. The summed E-state index contributed by atoms with van der Waals surface area (Å²) < 4.78 is 1.73. The van der Waals surface area contributed by atoms with E-state index < -0.39 is 5.72 Å². The normalized spacial score (nSPS) is 17.5. The molecule has 3 aromatic rings. The van der Waals surface area contributed by atoms with Crippen LogP contribution in [-0.2, 0) is 22.7 Å². The van der Waals surface area contributed by atoms with Crippen LogP contribution in [0.1, 0.15) is 45.7 Å². The number of nitrogens with zero attached hydrogens (tertiary/aromatic N) is 3. The van der Waals surface area contributed by atoms with Crippen molar-refractivity contribution < 1.29 is 9.63 Å². The van der Waals surface area contributed by atoms with Crippen molar-refractivity contribution in [3.8, 4) is 11.3 Å². The van der Waals surface area contributed by atoms with Gasteiger partial charge in [-0.15, -0.1) is 0 Å². The van der Waals surface area contributed by atoms with Gasteiger partial charge in [0.25, 0.3) is 5.56 Å². The van der Waals surface area contributed by atoms with E-state index in [1.165, 1.54) is 0 Å². The molecule has 5 N–H and O–H groups in total. The van der Waals surface area contributed by atoms with E-state index in [0.29, 0.717) is 42.7 Å². The molecule has 3 heterocycles. The Morgan fingerprint density at radius 3 is 2.52 bits per heavy atom. The van der Waals surface area contributed by atoms with Crippen LogP contribution in [0.3, 0.4) is 0 Å². The van der Waals surface area contributed by atoms with Gasteiger partial charge >= 0.3 is 0 Å². The van der Waals surface area contributed by atoms with Crippen molar-refractivity contribution in [1.29, 1.82) is 0 Å². The first-order valence-corrected chi connectivity index (χ1v) is 13.5. The molecule has 2 bridgehead atoms. The molecule has 0 radical (unpaired) electrons. The molecular weight excluding hydrogens is 508 g/mol. The number of aromatic nitrogens is 2. The van der Waals surface area contributed by atoms with Crippen molar-refractivity contribution in [3.05, 3.63) is 70.1 Å². The Labute approximate surface area is 233 Å². The molecule has 0 saturated heterocycles. The van der Waals surface area contributed by atoms with Gasteiger partial charge in [-0.2, -0.15) is 0 Å². The van der Waals surface area contributed by atoms with E-state index in [2.05, 4.69) is 36.7 Å². The standard InChI is InChI=1S/C29H36N8O3/c1-17(2)32-26-28(39)37(24(16-31-26)21-12-22-14-23(13-21)34-27(38)18(3)33-22)11-10-30-15-19-6-8-20(9-7-19)25-35-29(4,5)40-36-25/h6-9,12-14,16-18,30,33H,10-11,15H2,1-5H3,(H,31,32)(H,34,38)(H,35,36). The molecule has 210 valence electrons. The molecule has 11 heteroatoms. The van der Waals surface area contributed by atoms with Crippen molar-refractivity contribution in [2.24, 2.45) is 4.99 Å². The van der Waals surface area contributed by atoms with Gasteiger partial charge < -0.3 is 25.8 Å². The minimum atomic E-state index is -0.577. The molecular formula is C29H36N8O3. The van der Waals surface area contributed by atoms with Crippen LogP contribution in [0.5, 0.6) is 0 Å². The first-order chi connectivity index (χ1) is 19.1. The second kappa shape index (κ2) is 11.1. The zero-order chi connectivity index (χ0) is 28.4. The Balaban J connectivity index is 1.33. The molecule has 1 atom stereocenters. The third-order valence-corrected chi connectivity index (χ3v) is 6.60. The summed E-state index contributed by atoms with van der Waals surface area (Å²) in [7, 11) is 0. The van der Waals surface area contributed by atoms with Gasteiger partial charge in [-0.05, 0) is 58.4 Å². The molecule has 2 aliphatic rings. The van der Waals surface area contributed by atoms with E-state index >= 15 is 0 Å². The fraction of sp³-hybridized carbons (Fsp3) is 0.379. The smallest absolute Gasteiger partial charge is 0.293 e. The number of hydrogen-bond donors (Lipinski definition) is 5. The Morgan fingerprint density at radius 1 is 1.07 bits per heavy atom. The number of amides is 1. The summed E-state index contributed by atoms with van der Waals surface area (Å²) in [6.45, 7) is 11.2. The number of benzene rings is 2. The molecule has 2 aromatic carbocycles. The number of amidine groups is 1. The fourth-order valence-electron chi connectivity index (χ4n) is 4.63. The molecule has 0 aliphatic carbocycles. The zero-order valence-corrected chi connectivity index (χ0v) is 23.5. The highest BCUT2D eigenvalue weighted by Gasteiger charge is 2.26. The average molecular weight is 545 g/mol. The maximum atomic E-state index is 13.5. The van der Waals surface area contributed by atoms with Crippen molar-refractivity contribution in [2.45, 2.75) is 65.5 Å². The molecule has 1 unspecified atom stereocenters. The molecule has 40 heavy (non-hydrogen) atoms. The van der Waals surface area contributed by atoms with Crippen LogP contribution in [-0.4, -0.2) is 45.6 Å². The lowest BCUT2D eigenvalue weighted by Crippen LogP contribution is -2.31. The largest absolute Gasteiger partial charge is 0.374 e. The Hall–Kier alpha value is -4.22. The maximum absolute atomic E-state index is 13.5. The molecule has 0 spiro atoms. The summed E-state index contributed by atoms with van der Waals surface area (Å²) in [6.07, 6.45) is 1.71. The first kappa shape index (κ1) is 27.4. The van der Waals surface area contributed by atoms with Gasteiger partial charge in [0.2, 0.25) is 5.91 Å². The predicted octanol–water partition coefficient (Wildman–Crippen LogP) is 3.29. The highest BCUT2D eigenvalue weighted by molar-refractivity contribution is 5.99. The summed E-state index contributed by atoms with van der Waals surface area (Å²) in [5, 5.41) is 12.7. The Kier molecular flexibility index (Phi) is 7.59. The minimum absolute atomic E-state index is 0.0635.